The summed E-state index contributed by atoms with van der Waals surface area (Å²) in [4.78, 5) is 0.300. The van der Waals surface area contributed by atoms with Crippen molar-refractivity contribution < 1.29 is 13.2 Å². The molecule has 0 saturated heterocycles. The van der Waals surface area contributed by atoms with E-state index in [1.807, 2.05) is 0 Å². The number of hydrogen-bond acceptors (Lipinski definition) is 4. The van der Waals surface area contributed by atoms with Crippen LogP contribution in [0.3, 0.4) is 0 Å². The van der Waals surface area contributed by atoms with E-state index >= 15 is 0 Å². The molecule has 5 heteroatoms. The van der Waals surface area contributed by atoms with Gasteiger partial charge in [-0.1, -0.05) is 19.9 Å². The van der Waals surface area contributed by atoms with E-state index in [9.17, 15) is 8.42 Å². The summed E-state index contributed by atoms with van der Waals surface area (Å²) >= 11 is 0. The van der Waals surface area contributed by atoms with E-state index < -0.39 is 9.84 Å². The Hall–Kier alpha value is -1.07. The molecule has 0 aliphatic heterocycles. The molecule has 0 heterocycles. The largest absolute Gasteiger partial charge is 0.494 e. The van der Waals surface area contributed by atoms with Crippen molar-refractivity contribution in [2.45, 2.75) is 31.6 Å². The highest BCUT2D eigenvalue weighted by Crippen LogP contribution is 2.17. The van der Waals surface area contributed by atoms with Gasteiger partial charge in [0.15, 0.2) is 9.84 Å². The summed E-state index contributed by atoms with van der Waals surface area (Å²) in [6.07, 6.45) is 3.21. The Morgan fingerprint density at radius 3 is 2.65 bits per heavy atom. The van der Waals surface area contributed by atoms with E-state index in [0.29, 0.717) is 23.2 Å². The van der Waals surface area contributed by atoms with Gasteiger partial charge >= 0.3 is 0 Å². The average Bonchev–Trinajstić information content (AvgIpc) is 2.36. The second kappa shape index (κ2) is 8.27. The summed E-state index contributed by atoms with van der Waals surface area (Å²) in [7, 11) is -3.17. The van der Waals surface area contributed by atoms with Gasteiger partial charge in [-0.25, -0.2) is 8.42 Å². The SMILES string of the molecule is CC(C)CNCCCCOc1cccc(S(C)(=O)=O)c1. The van der Waals surface area contributed by atoms with Gasteiger partial charge in [0.25, 0.3) is 0 Å². The molecule has 0 saturated carbocycles. The van der Waals surface area contributed by atoms with Gasteiger partial charge in [0, 0.05) is 6.26 Å². The average molecular weight is 299 g/mol. The number of ether oxygens (including phenoxy) is 1. The number of rotatable bonds is 9. The Balaban J connectivity index is 2.26. The molecule has 0 unspecified atom stereocenters. The van der Waals surface area contributed by atoms with Crippen LogP contribution in [-0.4, -0.2) is 34.4 Å². The minimum atomic E-state index is -3.17. The van der Waals surface area contributed by atoms with Crippen molar-refractivity contribution in [3.8, 4) is 5.75 Å². The number of nitrogens with one attached hydrogen (secondary N) is 1. The fourth-order valence-electron chi connectivity index (χ4n) is 1.73. The minimum Gasteiger partial charge on any atom is -0.494 e. The third kappa shape index (κ3) is 6.91. The molecule has 0 atom stereocenters. The van der Waals surface area contributed by atoms with Crippen LogP contribution in [0.15, 0.2) is 29.2 Å². The van der Waals surface area contributed by atoms with Crippen LogP contribution < -0.4 is 10.1 Å². The van der Waals surface area contributed by atoms with Crippen molar-refractivity contribution in [1.82, 2.24) is 5.32 Å². The summed E-state index contributed by atoms with van der Waals surface area (Å²) in [6.45, 7) is 7.01. The van der Waals surface area contributed by atoms with E-state index in [0.717, 1.165) is 25.9 Å². The second-order valence-corrected chi connectivity index (χ2v) is 7.42. The Morgan fingerprint density at radius 1 is 1.25 bits per heavy atom. The van der Waals surface area contributed by atoms with E-state index in [1.54, 1.807) is 24.3 Å². The van der Waals surface area contributed by atoms with Gasteiger partial charge < -0.3 is 10.1 Å². The van der Waals surface area contributed by atoms with Gasteiger partial charge in [-0.15, -0.1) is 0 Å². The van der Waals surface area contributed by atoms with Gasteiger partial charge in [-0.05, 0) is 50.0 Å². The van der Waals surface area contributed by atoms with Crippen LogP contribution in [0.5, 0.6) is 5.75 Å². The molecule has 4 nitrogen and oxygen atoms in total. The summed E-state index contributed by atoms with van der Waals surface area (Å²) in [5, 5.41) is 3.38. The zero-order valence-corrected chi connectivity index (χ0v) is 13.4. The highest BCUT2D eigenvalue weighted by atomic mass is 32.2. The smallest absolute Gasteiger partial charge is 0.175 e. The summed E-state index contributed by atoms with van der Waals surface area (Å²) in [5.74, 6) is 1.29. The van der Waals surface area contributed by atoms with Gasteiger partial charge in [0.2, 0.25) is 0 Å². The molecule has 1 rings (SSSR count). The van der Waals surface area contributed by atoms with Gasteiger partial charge in [0.1, 0.15) is 5.75 Å². The maximum atomic E-state index is 11.4. The molecular formula is C15H25NO3S. The number of sulfone groups is 1. The first-order valence-corrected chi connectivity index (χ1v) is 8.92. The van der Waals surface area contributed by atoms with E-state index in [2.05, 4.69) is 19.2 Å². The van der Waals surface area contributed by atoms with Crippen molar-refractivity contribution in [2.75, 3.05) is 26.0 Å². The summed E-state index contributed by atoms with van der Waals surface area (Å²) in [5.41, 5.74) is 0. The van der Waals surface area contributed by atoms with Crippen molar-refractivity contribution >= 4 is 9.84 Å². The quantitative estimate of drug-likeness (QED) is 0.712. The van der Waals surface area contributed by atoms with Crippen LogP contribution in [0.1, 0.15) is 26.7 Å². The van der Waals surface area contributed by atoms with E-state index in [1.165, 1.54) is 6.26 Å². The van der Waals surface area contributed by atoms with Crippen LogP contribution in [0.25, 0.3) is 0 Å². The van der Waals surface area contributed by atoms with Crippen LogP contribution in [0, 0.1) is 5.92 Å². The first-order chi connectivity index (χ1) is 9.39. The monoisotopic (exact) mass is 299 g/mol. The molecule has 1 N–H and O–H groups in total. The molecule has 1 aromatic rings. The van der Waals surface area contributed by atoms with E-state index in [4.69, 9.17) is 4.74 Å². The molecular weight excluding hydrogens is 274 g/mol. The fourth-order valence-corrected chi connectivity index (χ4v) is 2.38. The Kier molecular flexibility index (Phi) is 7.02. The first-order valence-electron chi connectivity index (χ1n) is 7.03. The predicted molar refractivity (Wildman–Crippen MR) is 82.0 cm³/mol. The molecule has 0 bridgehead atoms. The molecule has 114 valence electrons. The molecule has 0 aliphatic rings. The lowest BCUT2D eigenvalue weighted by molar-refractivity contribution is 0.304. The molecule has 0 aliphatic carbocycles. The first kappa shape index (κ1) is 17.0. The molecule has 0 amide bonds. The zero-order valence-electron chi connectivity index (χ0n) is 12.6. The Morgan fingerprint density at radius 2 is 2.00 bits per heavy atom. The number of hydrogen-bond donors (Lipinski definition) is 1. The lowest BCUT2D eigenvalue weighted by Crippen LogP contribution is -2.21. The number of unbranched alkanes of at least 4 members (excludes halogenated alkanes) is 1. The van der Waals surface area contributed by atoms with Gasteiger partial charge in [0.05, 0.1) is 11.5 Å². The van der Waals surface area contributed by atoms with E-state index in [-0.39, 0.29) is 0 Å². The summed E-state index contributed by atoms with van der Waals surface area (Å²) in [6, 6.07) is 6.64. The molecule has 0 spiro atoms. The van der Waals surface area contributed by atoms with Gasteiger partial charge in [-0.3, -0.25) is 0 Å². The maximum absolute atomic E-state index is 11.4. The highest BCUT2D eigenvalue weighted by Gasteiger charge is 2.07. The minimum absolute atomic E-state index is 0.300. The van der Waals surface area contributed by atoms with Crippen LogP contribution in [0.2, 0.25) is 0 Å². The Bertz CT molecular complexity index is 498. The third-order valence-corrected chi connectivity index (χ3v) is 3.91. The standard InChI is InChI=1S/C15H25NO3S/c1-13(2)12-16-9-4-5-10-19-14-7-6-8-15(11-14)20(3,17)18/h6-8,11,13,16H,4-5,9-10,12H2,1-3H3. The summed E-state index contributed by atoms with van der Waals surface area (Å²) < 4.78 is 28.4. The topological polar surface area (TPSA) is 55.4 Å². The fraction of sp³-hybridized carbons (Fsp3) is 0.600. The molecule has 20 heavy (non-hydrogen) atoms. The van der Waals surface area contributed by atoms with Crippen molar-refractivity contribution in [3.05, 3.63) is 24.3 Å². The van der Waals surface area contributed by atoms with Crippen molar-refractivity contribution in [3.63, 3.8) is 0 Å². The van der Waals surface area contributed by atoms with Crippen molar-refractivity contribution in [2.24, 2.45) is 5.92 Å². The molecule has 0 radical (unpaired) electrons. The third-order valence-electron chi connectivity index (χ3n) is 2.80. The van der Waals surface area contributed by atoms with Crippen LogP contribution in [-0.2, 0) is 9.84 Å². The normalized spacial score (nSPS) is 11.8. The predicted octanol–water partition coefficient (Wildman–Crippen LogP) is 2.49. The second-order valence-electron chi connectivity index (χ2n) is 5.40. The highest BCUT2D eigenvalue weighted by molar-refractivity contribution is 7.90. The lowest BCUT2D eigenvalue weighted by atomic mass is 10.2. The maximum Gasteiger partial charge on any atom is 0.175 e. The molecule has 1 aromatic carbocycles. The lowest BCUT2D eigenvalue weighted by Gasteiger charge is -2.09. The van der Waals surface area contributed by atoms with Crippen molar-refractivity contribution in [1.29, 1.82) is 0 Å². The van der Waals surface area contributed by atoms with Crippen LogP contribution >= 0.6 is 0 Å². The zero-order chi connectivity index (χ0) is 15.0. The molecule has 0 aromatic heterocycles. The number of benzene rings is 1. The Labute approximate surface area is 122 Å². The molecule has 0 fully saturated rings. The van der Waals surface area contributed by atoms with Gasteiger partial charge in [-0.2, -0.15) is 0 Å². The van der Waals surface area contributed by atoms with Crippen LogP contribution in [0.4, 0.5) is 0 Å².